The lowest BCUT2D eigenvalue weighted by Crippen LogP contribution is -2.45. The van der Waals surface area contributed by atoms with Crippen LogP contribution in [-0.2, 0) is 0 Å². The molecule has 0 unspecified atom stereocenters. The summed E-state index contributed by atoms with van der Waals surface area (Å²) in [5.41, 5.74) is 0.961. The minimum atomic E-state index is -0.648. The maximum absolute atomic E-state index is 12.7. The molecule has 1 aromatic carbocycles. The van der Waals surface area contributed by atoms with Crippen molar-refractivity contribution < 1.29 is 9.90 Å². The van der Waals surface area contributed by atoms with Crippen LogP contribution in [0, 0.1) is 0 Å². The molecule has 0 radical (unpaired) electrons. The van der Waals surface area contributed by atoms with Crippen molar-refractivity contribution in [3.05, 3.63) is 32.8 Å². The molecule has 112 valence electrons. The molecule has 1 aromatic heterocycles. The van der Waals surface area contributed by atoms with Gasteiger partial charge in [-0.2, -0.15) is 0 Å². The molecule has 0 aliphatic carbocycles. The molecule has 6 heteroatoms. The fourth-order valence-electron chi connectivity index (χ4n) is 2.66. The Morgan fingerprint density at radius 3 is 2.57 bits per heavy atom. The van der Waals surface area contributed by atoms with E-state index in [4.69, 9.17) is 0 Å². The average Bonchev–Trinajstić information content (AvgIpc) is 2.81. The molecular weight excluding hydrogens is 400 g/mol. The zero-order valence-electron chi connectivity index (χ0n) is 11.6. The number of benzene rings is 1. The molecule has 1 fully saturated rings. The van der Waals surface area contributed by atoms with E-state index in [0.29, 0.717) is 31.5 Å². The number of likely N-dealkylation sites (tertiary alicyclic amines) is 1. The van der Waals surface area contributed by atoms with E-state index in [2.05, 4.69) is 36.8 Å². The molecule has 0 bridgehead atoms. The first-order chi connectivity index (χ1) is 9.87. The summed E-state index contributed by atoms with van der Waals surface area (Å²) < 4.78 is 1.87. The summed E-state index contributed by atoms with van der Waals surface area (Å²) in [6, 6.07) is 3.90. The van der Waals surface area contributed by atoms with Crippen LogP contribution in [0.2, 0.25) is 0 Å². The molecule has 1 saturated heterocycles. The summed E-state index contributed by atoms with van der Waals surface area (Å²) >= 11 is 6.94. The molecule has 0 atom stereocenters. The van der Waals surface area contributed by atoms with Gasteiger partial charge in [0.05, 0.1) is 11.2 Å². The van der Waals surface area contributed by atoms with E-state index in [0.717, 1.165) is 19.8 Å². The van der Waals surface area contributed by atoms with Crippen LogP contribution in [0.15, 0.2) is 27.3 Å². The first kappa shape index (κ1) is 15.1. The fourth-order valence-corrected chi connectivity index (χ4v) is 3.34. The number of piperidine rings is 1. The number of rotatable bonds is 1. The second-order valence-electron chi connectivity index (χ2n) is 5.80. The Kier molecular flexibility index (Phi) is 3.88. The highest BCUT2D eigenvalue weighted by Crippen LogP contribution is 2.31. The molecular formula is C15H16Br2N2O2. The van der Waals surface area contributed by atoms with Gasteiger partial charge in [0.1, 0.15) is 0 Å². The molecule has 4 nitrogen and oxygen atoms in total. The summed E-state index contributed by atoms with van der Waals surface area (Å²) in [4.78, 5) is 17.6. The molecule has 1 aliphatic heterocycles. The van der Waals surface area contributed by atoms with E-state index >= 15 is 0 Å². The van der Waals surface area contributed by atoms with Gasteiger partial charge in [-0.05, 0) is 63.8 Å². The molecule has 0 spiro atoms. The number of aromatic amines is 1. The van der Waals surface area contributed by atoms with Gasteiger partial charge in [-0.25, -0.2) is 0 Å². The minimum absolute atomic E-state index is 0.0194. The van der Waals surface area contributed by atoms with E-state index in [1.54, 1.807) is 6.20 Å². The summed E-state index contributed by atoms with van der Waals surface area (Å²) in [6.45, 7) is 3.02. The van der Waals surface area contributed by atoms with Crippen LogP contribution in [0.3, 0.4) is 0 Å². The van der Waals surface area contributed by atoms with E-state index in [9.17, 15) is 9.90 Å². The van der Waals surface area contributed by atoms with Gasteiger partial charge in [-0.3, -0.25) is 4.79 Å². The first-order valence-electron chi connectivity index (χ1n) is 6.85. The number of H-pyrrole nitrogens is 1. The van der Waals surface area contributed by atoms with Crippen LogP contribution >= 0.6 is 31.9 Å². The topological polar surface area (TPSA) is 56.3 Å². The summed E-state index contributed by atoms with van der Waals surface area (Å²) in [7, 11) is 0. The van der Waals surface area contributed by atoms with Gasteiger partial charge in [-0.1, -0.05) is 0 Å². The molecule has 21 heavy (non-hydrogen) atoms. The third-order valence-corrected chi connectivity index (χ3v) is 5.93. The smallest absolute Gasteiger partial charge is 0.256 e. The number of fused-ring (bicyclic) bond motifs is 1. The SMILES string of the molecule is CC1(O)CCN(C(=O)c2c[nH]c3cc(Br)c(Br)cc23)CC1. The van der Waals surface area contributed by atoms with Crippen molar-refractivity contribution in [1.29, 1.82) is 0 Å². The summed E-state index contributed by atoms with van der Waals surface area (Å²) in [6.07, 6.45) is 3.01. The normalized spacial score (nSPS) is 18.2. The van der Waals surface area contributed by atoms with E-state index in [1.807, 2.05) is 24.0 Å². The van der Waals surface area contributed by atoms with E-state index < -0.39 is 5.60 Å². The number of hydrogen-bond donors (Lipinski definition) is 2. The minimum Gasteiger partial charge on any atom is -0.390 e. The molecule has 2 heterocycles. The Bertz CT molecular complexity index is 699. The Hall–Kier alpha value is -0.850. The van der Waals surface area contributed by atoms with Gasteiger partial charge in [0.25, 0.3) is 5.91 Å². The van der Waals surface area contributed by atoms with Gasteiger partial charge in [-0.15, -0.1) is 0 Å². The Balaban J connectivity index is 1.90. The van der Waals surface area contributed by atoms with Crippen LogP contribution < -0.4 is 0 Å². The largest absolute Gasteiger partial charge is 0.390 e. The molecule has 1 amide bonds. The Labute approximate surface area is 139 Å². The number of aliphatic hydroxyl groups is 1. The molecule has 2 N–H and O–H groups in total. The van der Waals surface area contributed by atoms with Gasteiger partial charge >= 0.3 is 0 Å². The monoisotopic (exact) mass is 414 g/mol. The van der Waals surface area contributed by atoms with Crippen molar-refractivity contribution in [3.8, 4) is 0 Å². The standard InChI is InChI=1S/C15H16Br2N2O2/c1-15(21)2-4-19(5-3-15)14(20)10-8-18-13-7-12(17)11(16)6-9(10)13/h6-8,18,21H,2-5H2,1H3. The van der Waals surface area contributed by atoms with Crippen molar-refractivity contribution in [2.75, 3.05) is 13.1 Å². The molecule has 3 rings (SSSR count). The maximum atomic E-state index is 12.7. The Morgan fingerprint density at radius 2 is 1.90 bits per heavy atom. The maximum Gasteiger partial charge on any atom is 0.256 e. The molecule has 2 aromatic rings. The third kappa shape index (κ3) is 2.89. The summed E-state index contributed by atoms with van der Waals surface area (Å²) in [5.74, 6) is 0.0194. The number of hydrogen-bond acceptors (Lipinski definition) is 2. The van der Waals surface area contributed by atoms with Gasteiger partial charge in [0.15, 0.2) is 0 Å². The second-order valence-corrected chi connectivity index (χ2v) is 7.51. The summed E-state index contributed by atoms with van der Waals surface area (Å²) in [5, 5.41) is 10.9. The highest BCUT2D eigenvalue weighted by atomic mass is 79.9. The van der Waals surface area contributed by atoms with Crippen molar-refractivity contribution >= 4 is 48.7 Å². The zero-order valence-corrected chi connectivity index (χ0v) is 14.8. The molecule has 0 saturated carbocycles. The quantitative estimate of drug-likeness (QED) is 0.746. The number of carbonyl (C=O) groups excluding carboxylic acids is 1. The average molecular weight is 416 g/mol. The number of nitrogens with zero attached hydrogens (tertiary/aromatic N) is 1. The van der Waals surface area contributed by atoms with Gasteiger partial charge in [0, 0.05) is 39.1 Å². The number of aromatic nitrogens is 1. The second kappa shape index (κ2) is 5.41. The lowest BCUT2D eigenvalue weighted by molar-refractivity contribution is -0.00196. The fraction of sp³-hybridized carbons (Fsp3) is 0.400. The van der Waals surface area contributed by atoms with Crippen LogP contribution in [0.25, 0.3) is 10.9 Å². The zero-order chi connectivity index (χ0) is 15.2. The first-order valence-corrected chi connectivity index (χ1v) is 8.44. The van der Waals surface area contributed by atoms with E-state index in [1.165, 1.54) is 0 Å². The van der Waals surface area contributed by atoms with Gasteiger partial charge < -0.3 is 15.0 Å². The number of carbonyl (C=O) groups is 1. The predicted molar refractivity (Wildman–Crippen MR) is 89.5 cm³/mol. The van der Waals surface area contributed by atoms with Crippen LogP contribution in [-0.4, -0.2) is 39.6 Å². The van der Waals surface area contributed by atoms with Crippen molar-refractivity contribution in [2.45, 2.75) is 25.4 Å². The number of halogens is 2. The van der Waals surface area contributed by atoms with Crippen LogP contribution in [0.4, 0.5) is 0 Å². The van der Waals surface area contributed by atoms with E-state index in [-0.39, 0.29) is 5.91 Å². The van der Waals surface area contributed by atoms with Crippen molar-refractivity contribution in [2.24, 2.45) is 0 Å². The predicted octanol–water partition coefficient (Wildman–Crippen LogP) is 3.68. The van der Waals surface area contributed by atoms with Crippen LogP contribution in [0.5, 0.6) is 0 Å². The van der Waals surface area contributed by atoms with Crippen LogP contribution in [0.1, 0.15) is 30.1 Å². The van der Waals surface area contributed by atoms with Crippen molar-refractivity contribution in [1.82, 2.24) is 9.88 Å². The highest BCUT2D eigenvalue weighted by molar-refractivity contribution is 9.13. The van der Waals surface area contributed by atoms with Crippen molar-refractivity contribution in [3.63, 3.8) is 0 Å². The highest BCUT2D eigenvalue weighted by Gasteiger charge is 2.30. The van der Waals surface area contributed by atoms with Gasteiger partial charge in [0.2, 0.25) is 0 Å². The lowest BCUT2D eigenvalue weighted by Gasteiger charge is -2.35. The number of amides is 1. The molecule has 1 aliphatic rings. The lowest BCUT2D eigenvalue weighted by atomic mass is 9.93. The Morgan fingerprint density at radius 1 is 1.29 bits per heavy atom. The third-order valence-electron chi connectivity index (χ3n) is 4.08. The number of nitrogens with one attached hydrogen (secondary N) is 1.